The first-order chi connectivity index (χ1) is 11.6. The van der Waals surface area contributed by atoms with E-state index in [0.717, 1.165) is 32.1 Å². The largest absolute Gasteiger partial charge is 0.364 e. The van der Waals surface area contributed by atoms with Crippen LogP contribution in [0, 0.1) is 0 Å². The van der Waals surface area contributed by atoms with Crippen LogP contribution in [0.5, 0.6) is 0 Å². The predicted molar refractivity (Wildman–Crippen MR) is 87.5 cm³/mol. The molecule has 0 aliphatic rings. The molecular formula is C16H28N2O6. The van der Waals surface area contributed by atoms with Gasteiger partial charge in [0.2, 0.25) is 11.8 Å². The van der Waals surface area contributed by atoms with E-state index in [0.29, 0.717) is 19.4 Å². The van der Waals surface area contributed by atoms with Gasteiger partial charge in [0.05, 0.1) is 0 Å². The minimum Gasteiger partial charge on any atom is -0.364 e. The SMILES string of the molecule is CC(=O)COCC(=O)NCCCCCCCNC(=O)COCC=O. The summed E-state index contributed by atoms with van der Waals surface area (Å²) in [6, 6.07) is 0. The number of nitrogens with one attached hydrogen (secondary N) is 2. The number of carbonyl (C=O) groups excluding carboxylic acids is 4. The normalized spacial score (nSPS) is 10.2. The van der Waals surface area contributed by atoms with Crippen LogP contribution in [-0.4, -0.2) is 63.4 Å². The van der Waals surface area contributed by atoms with Crippen LogP contribution >= 0.6 is 0 Å². The number of amides is 2. The maximum absolute atomic E-state index is 11.3. The van der Waals surface area contributed by atoms with Crippen LogP contribution in [0.1, 0.15) is 39.0 Å². The number of aldehydes is 1. The van der Waals surface area contributed by atoms with Crippen molar-refractivity contribution in [1.29, 1.82) is 0 Å². The Morgan fingerprint density at radius 2 is 1.29 bits per heavy atom. The average molecular weight is 344 g/mol. The third-order valence-electron chi connectivity index (χ3n) is 2.96. The number of hydrogen-bond acceptors (Lipinski definition) is 6. The van der Waals surface area contributed by atoms with E-state index in [1.165, 1.54) is 6.92 Å². The molecular weight excluding hydrogens is 316 g/mol. The van der Waals surface area contributed by atoms with E-state index in [9.17, 15) is 19.2 Å². The molecule has 0 aromatic heterocycles. The van der Waals surface area contributed by atoms with Crippen molar-refractivity contribution in [3.05, 3.63) is 0 Å². The average Bonchev–Trinajstić information content (AvgIpc) is 2.53. The fraction of sp³-hybridized carbons (Fsp3) is 0.750. The molecule has 0 saturated carbocycles. The zero-order chi connectivity index (χ0) is 18.0. The molecule has 0 heterocycles. The number of hydrogen-bond donors (Lipinski definition) is 2. The number of unbranched alkanes of at least 4 members (excludes halogenated alkanes) is 4. The maximum atomic E-state index is 11.3. The van der Waals surface area contributed by atoms with E-state index >= 15 is 0 Å². The summed E-state index contributed by atoms with van der Waals surface area (Å²) in [5.74, 6) is -0.533. The van der Waals surface area contributed by atoms with Crippen molar-refractivity contribution in [1.82, 2.24) is 10.6 Å². The van der Waals surface area contributed by atoms with E-state index < -0.39 is 0 Å². The molecule has 0 radical (unpaired) electrons. The van der Waals surface area contributed by atoms with Gasteiger partial charge in [-0.05, 0) is 19.8 Å². The van der Waals surface area contributed by atoms with Crippen molar-refractivity contribution < 1.29 is 28.7 Å². The molecule has 2 N–H and O–H groups in total. The second kappa shape index (κ2) is 16.1. The lowest BCUT2D eigenvalue weighted by molar-refractivity contribution is -0.129. The molecule has 2 amide bonds. The molecule has 0 aliphatic heterocycles. The van der Waals surface area contributed by atoms with E-state index in [1.807, 2.05) is 0 Å². The molecule has 8 heteroatoms. The molecule has 0 aromatic rings. The first-order valence-corrected chi connectivity index (χ1v) is 8.18. The molecule has 0 unspecified atom stereocenters. The predicted octanol–water partition coefficient (Wildman–Crippen LogP) is -0.00960. The molecule has 0 spiro atoms. The van der Waals surface area contributed by atoms with Gasteiger partial charge in [-0.2, -0.15) is 0 Å². The Morgan fingerprint density at radius 1 is 0.792 bits per heavy atom. The summed E-state index contributed by atoms with van der Waals surface area (Å²) in [4.78, 5) is 43.2. The Hall–Kier alpha value is -1.80. The highest BCUT2D eigenvalue weighted by Gasteiger charge is 2.02. The summed E-state index contributed by atoms with van der Waals surface area (Å²) < 4.78 is 9.69. The minimum atomic E-state index is -0.216. The van der Waals surface area contributed by atoms with E-state index in [4.69, 9.17) is 9.47 Å². The summed E-state index contributed by atoms with van der Waals surface area (Å²) >= 11 is 0. The fourth-order valence-corrected chi connectivity index (χ4v) is 1.83. The maximum Gasteiger partial charge on any atom is 0.246 e. The second-order valence-corrected chi connectivity index (χ2v) is 5.34. The van der Waals surface area contributed by atoms with Gasteiger partial charge in [-0.3, -0.25) is 14.4 Å². The van der Waals surface area contributed by atoms with Crippen molar-refractivity contribution >= 4 is 23.9 Å². The molecule has 0 aliphatic carbocycles. The lowest BCUT2D eigenvalue weighted by Crippen LogP contribution is -2.29. The van der Waals surface area contributed by atoms with Crippen molar-refractivity contribution in [2.75, 3.05) is 39.5 Å². The molecule has 138 valence electrons. The molecule has 0 rings (SSSR count). The molecule has 0 fully saturated rings. The van der Waals surface area contributed by atoms with Crippen LogP contribution < -0.4 is 10.6 Å². The van der Waals surface area contributed by atoms with Gasteiger partial charge in [0.25, 0.3) is 0 Å². The van der Waals surface area contributed by atoms with Crippen LogP contribution in [0.25, 0.3) is 0 Å². The van der Waals surface area contributed by atoms with Crippen molar-refractivity contribution in [2.45, 2.75) is 39.0 Å². The van der Waals surface area contributed by atoms with Gasteiger partial charge in [0, 0.05) is 13.1 Å². The first-order valence-electron chi connectivity index (χ1n) is 8.18. The highest BCUT2D eigenvalue weighted by molar-refractivity contribution is 5.79. The second-order valence-electron chi connectivity index (χ2n) is 5.34. The lowest BCUT2D eigenvalue weighted by atomic mass is 10.1. The number of carbonyl (C=O) groups is 4. The Morgan fingerprint density at radius 3 is 1.79 bits per heavy atom. The van der Waals surface area contributed by atoms with Crippen molar-refractivity contribution in [3.8, 4) is 0 Å². The zero-order valence-electron chi connectivity index (χ0n) is 14.3. The van der Waals surface area contributed by atoms with Crippen molar-refractivity contribution in [2.24, 2.45) is 0 Å². The van der Waals surface area contributed by atoms with Gasteiger partial charge in [-0.1, -0.05) is 19.3 Å². The Kier molecular flexibility index (Phi) is 14.9. The van der Waals surface area contributed by atoms with E-state index in [2.05, 4.69) is 10.6 Å². The van der Waals surface area contributed by atoms with Crippen LogP contribution in [0.4, 0.5) is 0 Å². The zero-order valence-corrected chi connectivity index (χ0v) is 14.3. The Balaban J connectivity index is 3.27. The molecule has 24 heavy (non-hydrogen) atoms. The van der Waals surface area contributed by atoms with Gasteiger partial charge in [0.15, 0.2) is 5.78 Å². The molecule has 0 bridgehead atoms. The summed E-state index contributed by atoms with van der Waals surface area (Å²) in [7, 11) is 0. The minimum absolute atomic E-state index is 0.0346. The summed E-state index contributed by atoms with van der Waals surface area (Å²) in [5.41, 5.74) is 0. The first kappa shape index (κ1) is 22.2. The molecule has 0 aromatic carbocycles. The Labute approximate surface area is 142 Å². The number of rotatable bonds is 16. The standard InChI is InChI=1S/C16H28N2O6/c1-14(20)11-24-13-16(22)18-8-6-4-2-3-5-7-17-15(21)12-23-10-9-19/h9H,2-8,10-13H2,1H3,(H,17,21)(H,18,22). The molecule has 0 saturated heterocycles. The van der Waals surface area contributed by atoms with Gasteiger partial charge in [-0.15, -0.1) is 0 Å². The van der Waals surface area contributed by atoms with Gasteiger partial charge < -0.3 is 24.9 Å². The monoisotopic (exact) mass is 344 g/mol. The van der Waals surface area contributed by atoms with E-state index in [1.54, 1.807) is 0 Å². The molecule has 8 nitrogen and oxygen atoms in total. The van der Waals surface area contributed by atoms with Gasteiger partial charge >= 0.3 is 0 Å². The summed E-state index contributed by atoms with van der Waals surface area (Å²) in [5, 5.41) is 5.44. The third-order valence-corrected chi connectivity index (χ3v) is 2.96. The fourth-order valence-electron chi connectivity index (χ4n) is 1.83. The number of Topliss-reactive ketones (excluding diaryl/α,β-unsaturated/α-hetero) is 1. The highest BCUT2D eigenvalue weighted by atomic mass is 16.5. The van der Waals surface area contributed by atoms with Crippen LogP contribution in [0.2, 0.25) is 0 Å². The Bertz CT molecular complexity index is 387. The van der Waals surface area contributed by atoms with Crippen LogP contribution in [0.15, 0.2) is 0 Å². The molecule has 0 atom stereocenters. The number of ether oxygens (including phenoxy) is 2. The van der Waals surface area contributed by atoms with E-state index in [-0.39, 0.29) is 44.0 Å². The van der Waals surface area contributed by atoms with Crippen LogP contribution in [0.3, 0.4) is 0 Å². The van der Waals surface area contributed by atoms with Crippen LogP contribution in [-0.2, 0) is 28.7 Å². The topological polar surface area (TPSA) is 111 Å². The number of ketones is 1. The third kappa shape index (κ3) is 16.6. The van der Waals surface area contributed by atoms with Gasteiger partial charge in [-0.25, -0.2) is 0 Å². The summed E-state index contributed by atoms with van der Waals surface area (Å²) in [6.07, 6.45) is 5.37. The quantitative estimate of drug-likeness (QED) is 0.301. The van der Waals surface area contributed by atoms with Gasteiger partial charge in [0.1, 0.15) is 32.7 Å². The van der Waals surface area contributed by atoms with Crippen molar-refractivity contribution in [3.63, 3.8) is 0 Å². The lowest BCUT2D eigenvalue weighted by Gasteiger charge is -2.06. The summed E-state index contributed by atoms with van der Waals surface area (Å²) in [6.45, 7) is 2.32. The highest BCUT2D eigenvalue weighted by Crippen LogP contribution is 2.01. The smallest absolute Gasteiger partial charge is 0.246 e.